The lowest BCUT2D eigenvalue weighted by molar-refractivity contribution is -0.122. The molecule has 1 saturated carbocycles. The highest BCUT2D eigenvalue weighted by molar-refractivity contribution is 6.30. The highest BCUT2D eigenvalue weighted by Gasteiger charge is 2.55. The fourth-order valence-corrected chi connectivity index (χ4v) is 4.18. The monoisotopic (exact) mass is 440 g/mol. The maximum atomic E-state index is 12.7. The molecule has 2 atom stereocenters. The van der Waals surface area contributed by atoms with Gasteiger partial charge >= 0.3 is 0 Å². The largest absolute Gasteiger partial charge is 0.273 e. The normalized spacial score (nSPS) is 19.9. The zero-order chi connectivity index (χ0) is 22.1. The van der Waals surface area contributed by atoms with Crippen LogP contribution in [0.1, 0.15) is 24.5 Å². The van der Waals surface area contributed by atoms with E-state index in [1.807, 2.05) is 36.4 Å². The fourth-order valence-electron chi connectivity index (χ4n) is 4.06. The van der Waals surface area contributed by atoms with Gasteiger partial charge in [0, 0.05) is 33.8 Å². The Balaban J connectivity index is 1.23. The standard InChI is InChI=1S/C26H21ClN4O/c1-26(21-6-2-18(3-7-21)19-4-8-22(27)9-5-19)13-23(26)25(32)31-30-15-17-12-20-10-11-28-16-24(20)29-14-17/h2-12,14-16,23H,13H2,1H3,(H,31,32)/b30-15+. The molecule has 1 amide bonds. The minimum absolute atomic E-state index is 0.0662. The lowest BCUT2D eigenvalue weighted by Gasteiger charge is -2.12. The first-order valence-corrected chi connectivity index (χ1v) is 10.8. The Bertz CT molecular complexity index is 1320. The lowest BCUT2D eigenvalue weighted by atomic mass is 9.93. The van der Waals surface area contributed by atoms with E-state index in [4.69, 9.17) is 11.6 Å². The first-order chi connectivity index (χ1) is 15.5. The highest BCUT2D eigenvalue weighted by atomic mass is 35.5. The molecule has 32 heavy (non-hydrogen) atoms. The Kier molecular flexibility index (Phi) is 5.19. The van der Waals surface area contributed by atoms with E-state index in [9.17, 15) is 4.79 Å². The summed E-state index contributed by atoms with van der Waals surface area (Å²) in [4.78, 5) is 21.1. The molecule has 0 radical (unpaired) electrons. The maximum Gasteiger partial charge on any atom is 0.244 e. The van der Waals surface area contributed by atoms with E-state index < -0.39 is 0 Å². The number of rotatable bonds is 5. The van der Waals surface area contributed by atoms with Gasteiger partial charge in [0.05, 0.1) is 23.8 Å². The topological polar surface area (TPSA) is 67.2 Å². The third-order valence-corrected chi connectivity index (χ3v) is 6.42. The van der Waals surface area contributed by atoms with Crippen LogP contribution in [0.15, 0.2) is 84.4 Å². The minimum Gasteiger partial charge on any atom is -0.273 e. The van der Waals surface area contributed by atoms with Crippen molar-refractivity contribution in [2.45, 2.75) is 18.8 Å². The molecule has 2 unspecified atom stereocenters. The number of aromatic nitrogens is 2. The number of halogens is 1. The molecule has 0 spiro atoms. The third kappa shape index (κ3) is 3.99. The second kappa shape index (κ2) is 8.17. The lowest BCUT2D eigenvalue weighted by Crippen LogP contribution is -2.23. The van der Waals surface area contributed by atoms with Crippen molar-refractivity contribution in [1.82, 2.24) is 15.4 Å². The van der Waals surface area contributed by atoms with Crippen LogP contribution < -0.4 is 5.43 Å². The number of fused-ring (bicyclic) bond motifs is 1. The van der Waals surface area contributed by atoms with Gasteiger partial charge in [-0.3, -0.25) is 14.8 Å². The van der Waals surface area contributed by atoms with Gasteiger partial charge in [0.2, 0.25) is 5.91 Å². The Morgan fingerprint density at radius 2 is 1.81 bits per heavy atom. The van der Waals surface area contributed by atoms with Crippen LogP contribution in [0, 0.1) is 5.92 Å². The molecule has 2 aromatic heterocycles. The van der Waals surface area contributed by atoms with Crippen LogP contribution in [0.4, 0.5) is 0 Å². The van der Waals surface area contributed by atoms with Gasteiger partial charge in [0.25, 0.3) is 0 Å². The van der Waals surface area contributed by atoms with Gasteiger partial charge in [-0.1, -0.05) is 54.9 Å². The molecule has 6 heteroatoms. The van der Waals surface area contributed by atoms with Gasteiger partial charge in [0.15, 0.2) is 0 Å². The first-order valence-electron chi connectivity index (χ1n) is 10.4. The average Bonchev–Trinajstić information content (AvgIpc) is 3.52. The van der Waals surface area contributed by atoms with Crippen LogP contribution in [0.3, 0.4) is 0 Å². The summed E-state index contributed by atoms with van der Waals surface area (Å²) in [6, 6.07) is 20.0. The number of carbonyl (C=O) groups is 1. The fraction of sp³-hybridized carbons (Fsp3) is 0.154. The van der Waals surface area contributed by atoms with Crippen LogP contribution in [-0.2, 0) is 10.2 Å². The number of pyridine rings is 2. The van der Waals surface area contributed by atoms with Gasteiger partial charge < -0.3 is 0 Å². The molecule has 5 rings (SSSR count). The summed E-state index contributed by atoms with van der Waals surface area (Å²) in [5.41, 5.74) is 7.56. The molecule has 158 valence electrons. The van der Waals surface area contributed by atoms with Crippen LogP contribution in [0.2, 0.25) is 5.02 Å². The average molecular weight is 441 g/mol. The van der Waals surface area contributed by atoms with E-state index in [1.54, 1.807) is 24.8 Å². The highest BCUT2D eigenvalue weighted by Crippen LogP contribution is 2.54. The molecule has 1 fully saturated rings. The van der Waals surface area contributed by atoms with Crippen molar-refractivity contribution in [2.24, 2.45) is 11.0 Å². The molecule has 0 saturated heterocycles. The van der Waals surface area contributed by atoms with Gasteiger partial charge in [-0.05, 0) is 47.4 Å². The summed E-state index contributed by atoms with van der Waals surface area (Å²) >= 11 is 5.98. The molecule has 4 aromatic rings. The second-order valence-corrected chi connectivity index (χ2v) is 8.77. The number of benzene rings is 2. The Morgan fingerprint density at radius 1 is 1.09 bits per heavy atom. The van der Waals surface area contributed by atoms with Crippen LogP contribution in [-0.4, -0.2) is 22.1 Å². The van der Waals surface area contributed by atoms with Crippen LogP contribution in [0.5, 0.6) is 0 Å². The maximum absolute atomic E-state index is 12.7. The third-order valence-electron chi connectivity index (χ3n) is 6.17. The van der Waals surface area contributed by atoms with Gasteiger partial charge in [-0.2, -0.15) is 5.10 Å². The molecular formula is C26H21ClN4O. The van der Waals surface area contributed by atoms with Crippen molar-refractivity contribution in [3.8, 4) is 11.1 Å². The van der Waals surface area contributed by atoms with E-state index in [-0.39, 0.29) is 17.2 Å². The molecule has 5 nitrogen and oxygen atoms in total. The zero-order valence-electron chi connectivity index (χ0n) is 17.5. The second-order valence-electron chi connectivity index (χ2n) is 8.33. The smallest absolute Gasteiger partial charge is 0.244 e. The molecule has 0 aliphatic heterocycles. The van der Waals surface area contributed by atoms with Crippen molar-refractivity contribution in [2.75, 3.05) is 0 Å². The van der Waals surface area contributed by atoms with E-state index >= 15 is 0 Å². The van der Waals surface area contributed by atoms with E-state index in [2.05, 4.69) is 51.7 Å². The minimum atomic E-state index is -0.171. The molecule has 0 bridgehead atoms. The van der Waals surface area contributed by atoms with E-state index in [1.165, 1.54) is 0 Å². The van der Waals surface area contributed by atoms with E-state index in [0.717, 1.165) is 44.6 Å². The number of amides is 1. The number of hydrazone groups is 1. The van der Waals surface area contributed by atoms with Crippen LogP contribution >= 0.6 is 11.6 Å². The summed E-state index contributed by atoms with van der Waals surface area (Å²) in [6.45, 7) is 2.12. The Morgan fingerprint density at radius 3 is 2.56 bits per heavy atom. The van der Waals surface area contributed by atoms with Gasteiger partial charge in [0.1, 0.15) is 0 Å². The molecule has 2 heterocycles. The Hall–Kier alpha value is -3.57. The first kappa shape index (κ1) is 20.3. The number of nitrogens with zero attached hydrogens (tertiary/aromatic N) is 3. The molecule has 2 aromatic carbocycles. The summed E-state index contributed by atoms with van der Waals surface area (Å²) in [5, 5.41) is 5.84. The Labute approximate surface area is 191 Å². The number of hydrogen-bond acceptors (Lipinski definition) is 4. The zero-order valence-corrected chi connectivity index (χ0v) is 18.3. The predicted octanol–water partition coefficient (Wildman–Crippen LogP) is 5.38. The van der Waals surface area contributed by atoms with Gasteiger partial charge in [-0.15, -0.1) is 0 Å². The molecular weight excluding hydrogens is 420 g/mol. The van der Waals surface area contributed by atoms with Crippen molar-refractivity contribution < 1.29 is 4.79 Å². The summed E-state index contributed by atoms with van der Waals surface area (Å²) in [7, 11) is 0. The van der Waals surface area contributed by atoms with Crippen molar-refractivity contribution in [1.29, 1.82) is 0 Å². The number of hydrogen-bond donors (Lipinski definition) is 1. The summed E-state index contributed by atoms with van der Waals surface area (Å²) in [5.74, 6) is -0.162. The summed E-state index contributed by atoms with van der Waals surface area (Å²) < 4.78 is 0. The molecule has 1 aliphatic carbocycles. The SMILES string of the molecule is CC1(c2ccc(-c3ccc(Cl)cc3)cc2)CC1C(=O)N/N=C/c1cnc2cnccc2c1. The van der Waals surface area contributed by atoms with Crippen molar-refractivity contribution >= 4 is 34.6 Å². The summed E-state index contributed by atoms with van der Waals surface area (Å²) in [6.07, 6.45) is 7.57. The van der Waals surface area contributed by atoms with Crippen LogP contribution in [0.25, 0.3) is 22.0 Å². The van der Waals surface area contributed by atoms with Crippen molar-refractivity contribution in [3.63, 3.8) is 0 Å². The number of carbonyl (C=O) groups excluding carboxylic acids is 1. The van der Waals surface area contributed by atoms with E-state index in [0.29, 0.717) is 0 Å². The molecule has 1 aliphatic rings. The predicted molar refractivity (Wildman–Crippen MR) is 128 cm³/mol. The molecule has 1 N–H and O–H groups in total. The quantitative estimate of drug-likeness (QED) is 0.334. The number of nitrogens with one attached hydrogen (secondary N) is 1. The van der Waals surface area contributed by atoms with Gasteiger partial charge in [-0.25, -0.2) is 5.43 Å². The van der Waals surface area contributed by atoms with Crippen molar-refractivity contribution in [3.05, 3.63) is 95.4 Å².